The van der Waals surface area contributed by atoms with Crippen molar-refractivity contribution >= 4 is 17.0 Å². The van der Waals surface area contributed by atoms with Crippen LogP contribution in [-0.4, -0.2) is 31.2 Å². The summed E-state index contributed by atoms with van der Waals surface area (Å²) < 4.78 is 1.94. The molecule has 3 N–H and O–H groups in total. The molecule has 0 saturated heterocycles. The van der Waals surface area contributed by atoms with Gasteiger partial charge in [0, 0.05) is 19.1 Å². The van der Waals surface area contributed by atoms with Crippen molar-refractivity contribution in [2.24, 2.45) is 5.92 Å². The van der Waals surface area contributed by atoms with Crippen LogP contribution in [0.5, 0.6) is 0 Å². The van der Waals surface area contributed by atoms with Crippen molar-refractivity contribution in [2.75, 3.05) is 12.3 Å². The summed E-state index contributed by atoms with van der Waals surface area (Å²) in [4.78, 5) is 12.3. The van der Waals surface area contributed by atoms with E-state index in [0.717, 1.165) is 18.5 Å². The summed E-state index contributed by atoms with van der Waals surface area (Å²) in [6, 6.07) is 0. The maximum atomic E-state index is 9.12. The fourth-order valence-electron chi connectivity index (χ4n) is 2.24. The van der Waals surface area contributed by atoms with Crippen molar-refractivity contribution in [3.8, 4) is 0 Å². The van der Waals surface area contributed by atoms with Crippen LogP contribution < -0.4 is 5.73 Å². The van der Waals surface area contributed by atoms with Crippen molar-refractivity contribution in [1.29, 1.82) is 0 Å². The molecule has 2 aromatic heterocycles. The van der Waals surface area contributed by atoms with Crippen LogP contribution in [0.3, 0.4) is 0 Å². The molecule has 1 aliphatic carbocycles. The van der Waals surface area contributed by atoms with Crippen molar-refractivity contribution in [1.82, 2.24) is 19.5 Å². The normalized spacial score (nSPS) is 21.4. The molecular formula is C12H15N5O. The Hall–Kier alpha value is -1.95. The molecule has 0 aliphatic heterocycles. The van der Waals surface area contributed by atoms with Gasteiger partial charge in [0.05, 0.1) is 6.33 Å². The van der Waals surface area contributed by atoms with E-state index >= 15 is 0 Å². The number of anilines is 1. The molecule has 1 atom stereocenters. The second kappa shape index (κ2) is 4.38. The van der Waals surface area contributed by atoms with Gasteiger partial charge in [0.15, 0.2) is 11.5 Å². The lowest BCUT2D eigenvalue weighted by molar-refractivity contribution is 0.211. The molecule has 0 amide bonds. The minimum atomic E-state index is 0.242. The highest BCUT2D eigenvalue weighted by molar-refractivity contribution is 5.81. The second-order valence-electron chi connectivity index (χ2n) is 4.53. The summed E-state index contributed by atoms with van der Waals surface area (Å²) in [6.07, 6.45) is 7.48. The summed E-state index contributed by atoms with van der Waals surface area (Å²) in [5.41, 5.74) is 8.44. The van der Waals surface area contributed by atoms with Gasteiger partial charge in [0.2, 0.25) is 0 Å². The third-order valence-corrected chi connectivity index (χ3v) is 3.51. The smallest absolute Gasteiger partial charge is 0.165 e. The summed E-state index contributed by atoms with van der Waals surface area (Å²) in [5, 5.41) is 9.12. The van der Waals surface area contributed by atoms with Crippen molar-refractivity contribution in [3.05, 3.63) is 24.3 Å². The van der Waals surface area contributed by atoms with Gasteiger partial charge in [-0.15, -0.1) is 0 Å². The quantitative estimate of drug-likeness (QED) is 0.778. The van der Waals surface area contributed by atoms with E-state index in [9.17, 15) is 0 Å². The van der Waals surface area contributed by atoms with Gasteiger partial charge in [0.1, 0.15) is 11.8 Å². The molecule has 3 rings (SSSR count). The van der Waals surface area contributed by atoms with E-state index in [-0.39, 0.29) is 6.61 Å². The first kappa shape index (κ1) is 11.2. The number of nitrogens with two attached hydrogens (primary N) is 1. The molecule has 18 heavy (non-hydrogen) atoms. The molecule has 2 heterocycles. The monoisotopic (exact) mass is 245 g/mol. The maximum Gasteiger partial charge on any atom is 0.165 e. The first-order chi connectivity index (χ1) is 8.79. The third kappa shape index (κ3) is 1.74. The van der Waals surface area contributed by atoms with E-state index in [1.54, 1.807) is 6.33 Å². The average Bonchev–Trinajstić information content (AvgIpc) is 2.74. The number of imidazole rings is 1. The van der Waals surface area contributed by atoms with Crippen LogP contribution in [0, 0.1) is 5.92 Å². The lowest BCUT2D eigenvalue weighted by Gasteiger charge is -2.28. The Bertz CT molecular complexity index is 602. The molecule has 1 aliphatic rings. The van der Waals surface area contributed by atoms with E-state index < -0.39 is 0 Å². The van der Waals surface area contributed by atoms with E-state index in [4.69, 9.17) is 10.8 Å². The maximum absolute atomic E-state index is 9.12. The van der Waals surface area contributed by atoms with Gasteiger partial charge in [-0.2, -0.15) is 0 Å². The largest absolute Gasteiger partial charge is 0.396 e. The average molecular weight is 245 g/mol. The molecule has 1 fully saturated rings. The number of allylic oxidation sites excluding steroid dienone is 1. The molecule has 2 aromatic rings. The van der Waals surface area contributed by atoms with Crippen LogP contribution in [0.4, 0.5) is 5.82 Å². The van der Waals surface area contributed by atoms with Crippen LogP contribution >= 0.6 is 0 Å². The molecule has 0 bridgehead atoms. The number of hydrogen-bond donors (Lipinski definition) is 2. The topological polar surface area (TPSA) is 89.9 Å². The summed E-state index contributed by atoms with van der Waals surface area (Å²) >= 11 is 0. The Morgan fingerprint density at radius 2 is 2.33 bits per heavy atom. The van der Waals surface area contributed by atoms with Crippen LogP contribution in [0.15, 0.2) is 24.3 Å². The van der Waals surface area contributed by atoms with Crippen LogP contribution in [0.25, 0.3) is 11.2 Å². The Labute approximate surface area is 104 Å². The van der Waals surface area contributed by atoms with Crippen molar-refractivity contribution in [3.63, 3.8) is 0 Å². The van der Waals surface area contributed by atoms with Crippen molar-refractivity contribution < 1.29 is 5.11 Å². The number of nitrogens with zero attached hydrogens (tertiary/aromatic N) is 4. The number of hydrogen-bond acceptors (Lipinski definition) is 5. The molecular weight excluding hydrogens is 230 g/mol. The Balaban J connectivity index is 1.85. The second-order valence-corrected chi connectivity index (χ2v) is 4.53. The van der Waals surface area contributed by atoms with Gasteiger partial charge in [-0.05, 0) is 12.8 Å². The zero-order valence-electron chi connectivity index (χ0n) is 9.95. The lowest BCUT2D eigenvalue weighted by atomic mass is 9.80. The highest BCUT2D eigenvalue weighted by Crippen LogP contribution is 2.32. The van der Waals surface area contributed by atoms with Gasteiger partial charge in [-0.3, -0.25) is 0 Å². The molecule has 1 unspecified atom stereocenters. The number of aliphatic hydroxyl groups excluding tert-OH is 1. The van der Waals surface area contributed by atoms with Gasteiger partial charge < -0.3 is 15.4 Å². The molecule has 94 valence electrons. The van der Waals surface area contributed by atoms with E-state index in [2.05, 4.69) is 21.0 Å². The van der Waals surface area contributed by atoms with Crippen LogP contribution in [-0.2, 0) is 6.54 Å². The van der Waals surface area contributed by atoms with E-state index in [0.29, 0.717) is 23.8 Å². The first-order valence-electron chi connectivity index (χ1n) is 6.00. The molecule has 6 nitrogen and oxygen atoms in total. The van der Waals surface area contributed by atoms with Crippen LogP contribution in [0.2, 0.25) is 0 Å². The first-order valence-corrected chi connectivity index (χ1v) is 6.00. The minimum absolute atomic E-state index is 0.242. The molecule has 0 radical (unpaired) electrons. The third-order valence-electron chi connectivity index (χ3n) is 3.51. The molecule has 6 heteroatoms. The number of aliphatic hydroxyl groups is 1. The fraction of sp³-hybridized carbons (Fsp3) is 0.417. The number of fused-ring (bicyclic) bond motifs is 1. The number of nitrogen functional groups attached to an aromatic ring is 1. The summed E-state index contributed by atoms with van der Waals surface area (Å²) in [5.74, 6) is 0.753. The highest BCUT2D eigenvalue weighted by Gasteiger charge is 2.22. The molecule has 0 spiro atoms. The predicted molar refractivity (Wildman–Crippen MR) is 67.6 cm³/mol. The summed E-state index contributed by atoms with van der Waals surface area (Å²) in [7, 11) is 0. The minimum Gasteiger partial charge on any atom is -0.396 e. The number of rotatable bonds is 3. The van der Waals surface area contributed by atoms with Gasteiger partial charge in [-0.25, -0.2) is 15.0 Å². The SMILES string of the molecule is Nc1ncnc2c1ncn2C/C=C1/CCC1CO. The molecule has 1 saturated carbocycles. The van der Waals surface area contributed by atoms with Crippen LogP contribution in [0.1, 0.15) is 12.8 Å². The Kier molecular flexibility index (Phi) is 2.71. The van der Waals surface area contributed by atoms with Gasteiger partial charge in [0.25, 0.3) is 0 Å². The summed E-state index contributed by atoms with van der Waals surface area (Å²) in [6.45, 7) is 0.949. The predicted octanol–water partition coefficient (Wildman–Crippen LogP) is 0.737. The van der Waals surface area contributed by atoms with Gasteiger partial charge >= 0.3 is 0 Å². The highest BCUT2D eigenvalue weighted by atomic mass is 16.3. The fourth-order valence-corrected chi connectivity index (χ4v) is 2.24. The van der Waals surface area contributed by atoms with E-state index in [1.165, 1.54) is 11.9 Å². The zero-order valence-corrected chi connectivity index (χ0v) is 9.95. The van der Waals surface area contributed by atoms with Gasteiger partial charge in [-0.1, -0.05) is 11.6 Å². The molecule has 0 aromatic carbocycles. The number of aromatic nitrogens is 4. The Morgan fingerprint density at radius 3 is 3.06 bits per heavy atom. The Morgan fingerprint density at radius 1 is 1.44 bits per heavy atom. The zero-order chi connectivity index (χ0) is 12.5. The van der Waals surface area contributed by atoms with Crippen molar-refractivity contribution in [2.45, 2.75) is 19.4 Å². The lowest BCUT2D eigenvalue weighted by Crippen LogP contribution is -2.19. The van der Waals surface area contributed by atoms with E-state index in [1.807, 2.05) is 4.57 Å². The standard InChI is InChI=1S/C12H15N5O/c13-11-10-12(15-6-14-11)17(7-16-10)4-3-8-1-2-9(8)5-18/h3,6-7,9,18H,1-2,4-5H2,(H2,13,14,15)/b8-3-.